The van der Waals surface area contributed by atoms with Gasteiger partial charge in [-0.3, -0.25) is 0 Å². The molecule has 0 saturated carbocycles. The largest absolute Gasteiger partial charge is 0.478 e. The van der Waals surface area contributed by atoms with Gasteiger partial charge in [0.05, 0.1) is 11.1 Å². The average Bonchev–Trinajstić information content (AvgIpc) is 2.45. The third kappa shape index (κ3) is 3.26. The van der Waals surface area contributed by atoms with Crippen molar-refractivity contribution in [1.29, 1.82) is 0 Å². The quantitative estimate of drug-likeness (QED) is 0.883. The van der Waals surface area contributed by atoms with Crippen LogP contribution in [0, 0.1) is 6.92 Å². The molecule has 0 spiro atoms. The first-order chi connectivity index (χ1) is 10.6. The molecule has 0 saturated heterocycles. The fourth-order valence-corrected chi connectivity index (χ4v) is 2.61. The van der Waals surface area contributed by atoms with E-state index in [4.69, 9.17) is 5.11 Å². The SMILES string of the molecule is Cc1c(C(=O)O)ccc(-c2ccc(C(C)(C)C)cc2)c1C(=O)O. The van der Waals surface area contributed by atoms with Gasteiger partial charge in [-0.1, -0.05) is 51.1 Å². The molecule has 0 aliphatic rings. The van der Waals surface area contributed by atoms with Gasteiger partial charge in [0.15, 0.2) is 0 Å². The van der Waals surface area contributed by atoms with Crippen LogP contribution in [0.2, 0.25) is 0 Å². The molecule has 4 heteroatoms. The molecule has 2 rings (SSSR count). The lowest BCUT2D eigenvalue weighted by molar-refractivity contribution is 0.0696. The van der Waals surface area contributed by atoms with Gasteiger partial charge in [-0.2, -0.15) is 0 Å². The lowest BCUT2D eigenvalue weighted by Crippen LogP contribution is -2.11. The zero-order chi connectivity index (χ0) is 17.4. The standard InChI is InChI=1S/C19H20O4/c1-11-14(17(20)21)9-10-15(16(11)18(22)23)12-5-7-13(8-6-12)19(2,3)4/h5-10H,1-4H3,(H,20,21)(H,22,23). The van der Waals surface area contributed by atoms with Gasteiger partial charge < -0.3 is 10.2 Å². The molecule has 0 aliphatic heterocycles. The second kappa shape index (κ2) is 5.88. The minimum absolute atomic E-state index is 0.0112. The summed E-state index contributed by atoms with van der Waals surface area (Å²) in [7, 11) is 0. The molecule has 23 heavy (non-hydrogen) atoms. The predicted molar refractivity (Wildman–Crippen MR) is 89.2 cm³/mol. The maximum Gasteiger partial charge on any atom is 0.336 e. The Bertz CT molecular complexity index is 765. The highest BCUT2D eigenvalue weighted by atomic mass is 16.4. The summed E-state index contributed by atoms with van der Waals surface area (Å²) in [5.74, 6) is -2.25. The van der Waals surface area contributed by atoms with Gasteiger partial charge in [0.25, 0.3) is 0 Å². The van der Waals surface area contributed by atoms with Crippen LogP contribution in [-0.2, 0) is 5.41 Å². The van der Waals surface area contributed by atoms with Gasteiger partial charge in [-0.15, -0.1) is 0 Å². The number of hydrogen-bond acceptors (Lipinski definition) is 2. The van der Waals surface area contributed by atoms with E-state index in [1.807, 2.05) is 24.3 Å². The number of carboxylic acid groups (broad SMARTS) is 2. The van der Waals surface area contributed by atoms with Crippen molar-refractivity contribution in [3.63, 3.8) is 0 Å². The molecule has 0 amide bonds. The van der Waals surface area contributed by atoms with Gasteiger partial charge in [-0.25, -0.2) is 9.59 Å². The van der Waals surface area contributed by atoms with Crippen LogP contribution in [0.1, 0.15) is 52.6 Å². The van der Waals surface area contributed by atoms with Crippen molar-refractivity contribution in [2.45, 2.75) is 33.1 Å². The third-order valence-corrected chi connectivity index (χ3v) is 3.97. The van der Waals surface area contributed by atoms with Gasteiger partial charge in [0.1, 0.15) is 0 Å². The highest BCUT2D eigenvalue weighted by molar-refractivity contribution is 6.02. The number of aromatic carboxylic acids is 2. The molecule has 0 atom stereocenters. The van der Waals surface area contributed by atoms with E-state index in [0.717, 1.165) is 11.1 Å². The van der Waals surface area contributed by atoms with Crippen molar-refractivity contribution in [2.24, 2.45) is 0 Å². The third-order valence-electron chi connectivity index (χ3n) is 3.97. The first kappa shape index (κ1) is 16.7. The highest BCUT2D eigenvalue weighted by Gasteiger charge is 2.21. The van der Waals surface area contributed by atoms with Crippen molar-refractivity contribution < 1.29 is 19.8 Å². The molecule has 0 fully saturated rings. The van der Waals surface area contributed by atoms with Gasteiger partial charge in [0, 0.05) is 0 Å². The van der Waals surface area contributed by atoms with Crippen LogP contribution < -0.4 is 0 Å². The van der Waals surface area contributed by atoms with E-state index < -0.39 is 11.9 Å². The molecule has 0 aliphatic carbocycles. The van der Waals surface area contributed by atoms with E-state index in [1.165, 1.54) is 13.0 Å². The van der Waals surface area contributed by atoms with Crippen molar-refractivity contribution in [2.75, 3.05) is 0 Å². The summed E-state index contributed by atoms with van der Waals surface area (Å²) in [6, 6.07) is 10.7. The summed E-state index contributed by atoms with van der Waals surface area (Å²) < 4.78 is 0. The Balaban J connectivity index is 2.62. The van der Waals surface area contributed by atoms with E-state index in [0.29, 0.717) is 5.56 Å². The first-order valence-electron chi connectivity index (χ1n) is 7.34. The summed E-state index contributed by atoms with van der Waals surface area (Å²) in [6.07, 6.45) is 0. The van der Waals surface area contributed by atoms with Crippen LogP contribution >= 0.6 is 0 Å². The Kier molecular flexibility index (Phi) is 4.28. The van der Waals surface area contributed by atoms with Crippen LogP contribution in [-0.4, -0.2) is 22.2 Å². The van der Waals surface area contributed by atoms with E-state index in [2.05, 4.69) is 20.8 Å². The Morgan fingerprint density at radius 3 is 1.87 bits per heavy atom. The Morgan fingerprint density at radius 2 is 1.43 bits per heavy atom. The Labute approximate surface area is 135 Å². The first-order valence-corrected chi connectivity index (χ1v) is 7.34. The fraction of sp³-hybridized carbons (Fsp3) is 0.263. The Hall–Kier alpha value is -2.62. The number of carboxylic acids is 2. The summed E-state index contributed by atoms with van der Waals surface area (Å²) in [6.45, 7) is 7.85. The van der Waals surface area contributed by atoms with E-state index in [-0.39, 0.29) is 22.1 Å². The molecule has 120 valence electrons. The second-order valence-corrected chi connectivity index (χ2v) is 6.60. The number of benzene rings is 2. The molecule has 2 aromatic carbocycles. The number of hydrogen-bond donors (Lipinski definition) is 2. The maximum atomic E-state index is 11.6. The fourth-order valence-electron chi connectivity index (χ4n) is 2.61. The lowest BCUT2D eigenvalue weighted by atomic mass is 9.85. The molecule has 0 bridgehead atoms. The normalized spacial score (nSPS) is 11.3. The van der Waals surface area contributed by atoms with Crippen LogP contribution in [0.5, 0.6) is 0 Å². The number of carbonyl (C=O) groups is 2. The summed E-state index contributed by atoms with van der Waals surface area (Å²) >= 11 is 0. The molecular formula is C19H20O4. The van der Waals surface area contributed by atoms with Crippen LogP contribution in [0.4, 0.5) is 0 Å². The number of rotatable bonds is 3. The van der Waals surface area contributed by atoms with Gasteiger partial charge in [-0.05, 0) is 40.7 Å². The molecule has 4 nitrogen and oxygen atoms in total. The summed E-state index contributed by atoms with van der Waals surface area (Å²) in [4.78, 5) is 22.8. The van der Waals surface area contributed by atoms with Gasteiger partial charge >= 0.3 is 11.9 Å². The highest BCUT2D eigenvalue weighted by Crippen LogP contribution is 2.30. The van der Waals surface area contributed by atoms with Gasteiger partial charge in [0.2, 0.25) is 0 Å². The summed E-state index contributed by atoms with van der Waals surface area (Å²) in [5, 5.41) is 18.7. The van der Waals surface area contributed by atoms with E-state index >= 15 is 0 Å². The Morgan fingerprint density at radius 1 is 0.870 bits per heavy atom. The monoisotopic (exact) mass is 312 g/mol. The average molecular weight is 312 g/mol. The molecule has 0 aromatic heterocycles. The zero-order valence-corrected chi connectivity index (χ0v) is 13.7. The molecule has 2 aromatic rings. The molecule has 0 radical (unpaired) electrons. The van der Waals surface area contributed by atoms with Crippen molar-refractivity contribution in [3.05, 3.63) is 58.7 Å². The second-order valence-electron chi connectivity index (χ2n) is 6.60. The molecule has 2 N–H and O–H groups in total. The van der Waals surface area contributed by atoms with Crippen LogP contribution in [0.3, 0.4) is 0 Å². The lowest BCUT2D eigenvalue weighted by Gasteiger charge is -2.19. The zero-order valence-electron chi connectivity index (χ0n) is 13.7. The minimum Gasteiger partial charge on any atom is -0.478 e. The summed E-state index contributed by atoms with van der Waals surface area (Å²) in [5.41, 5.74) is 2.76. The topological polar surface area (TPSA) is 74.6 Å². The molecule has 0 heterocycles. The van der Waals surface area contributed by atoms with Crippen molar-refractivity contribution in [3.8, 4) is 11.1 Å². The van der Waals surface area contributed by atoms with E-state index in [9.17, 15) is 14.7 Å². The minimum atomic E-state index is -1.13. The maximum absolute atomic E-state index is 11.6. The molecular weight excluding hydrogens is 292 g/mol. The van der Waals surface area contributed by atoms with Crippen LogP contribution in [0.15, 0.2) is 36.4 Å². The van der Waals surface area contributed by atoms with Crippen molar-refractivity contribution in [1.82, 2.24) is 0 Å². The predicted octanol–water partition coefficient (Wildman–Crippen LogP) is 4.36. The smallest absolute Gasteiger partial charge is 0.336 e. The van der Waals surface area contributed by atoms with Crippen molar-refractivity contribution >= 4 is 11.9 Å². The van der Waals surface area contributed by atoms with Crippen LogP contribution in [0.25, 0.3) is 11.1 Å². The molecule has 0 unspecified atom stereocenters. The van der Waals surface area contributed by atoms with E-state index in [1.54, 1.807) is 6.07 Å².